The number of aryl methyl sites for hydroxylation is 2. The summed E-state index contributed by atoms with van der Waals surface area (Å²) < 4.78 is 39.4. The van der Waals surface area contributed by atoms with Gasteiger partial charge in [0.15, 0.2) is 17.1 Å². The average molecular weight is 497 g/mol. The molecule has 1 aliphatic heterocycles. The van der Waals surface area contributed by atoms with Crippen LogP contribution >= 0.6 is 11.6 Å². The Morgan fingerprint density at radius 2 is 1.91 bits per heavy atom. The minimum atomic E-state index is -1.89. The summed E-state index contributed by atoms with van der Waals surface area (Å²) in [5.41, 5.74) is 1.16. The fraction of sp³-hybridized carbons (Fsp3) is 0.400. The van der Waals surface area contributed by atoms with Gasteiger partial charge in [-0.1, -0.05) is 11.6 Å². The number of benzene rings is 1. The molecule has 180 valence electrons. The Balaban J connectivity index is 1.45. The molecule has 2 aliphatic rings. The lowest BCUT2D eigenvalue weighted by atomic mass is 9.89. The van der Waals surface area contributed by atoms with Crippen molar-refractivity contribution in [1.82, 2.24) is 29.7 Å². The highest BCUT2D eigenvalue weighted by Crippen LogP contribution is 2.44. The first-order valence-corrected chi connectivity index (χ1v) is 12.0. The Bertz CT molecular complexity index is 1460. The highest BCUT2D eigenvalue weighted by atomic mass is 35.5. The molecule has 35 heavy (non-hydrogen) atoms. The lowest BCUT2D eigenvalue weighted by Gasteiger charge is -2.33. The molecule has 1 unspecified atom stereocenters. The first-order chi connectivity index (χ1) is 16.8. The van der Waals surface area contributed by atoms with Crippen LogP contribution in [0.25, 0.3) is 22.4 Å². The molecule has 0 bridgehead atoms. The van der Waals surface area contributed by atoms with Crippen LogP contribution < -0.4 is 0 Å². The van der Waals surface area contributed by atoms with Crippen molar-refractivity contribution in [2.45, 2.75) is 57.3 Å². The molecule has 10 heteroatoms. The molecular formula is C25H23ClF2N6O. The van der Waals surface area contributed by atoms with Gasteiger partial charge in [-0.3, -0.25) is 4.68 Å². The second-order valence-corrected chi connectivity index (χ2v) is 9.79. The number of alkyl halides is 1. The quantitative estimate of drug-likeness (QED) is 0.358. The Kier molecular flexibility index (Phi) is 5.30. The predicted octanol–water partition coefficient (Wildman–Crippen LogP) is 5.74. The Labute approximate surface area is 205 Å². The van der Waals surface area contributed by atoms with E-state index in [9.17, 15) is 4.39 Å². The zero-order valence-electron chi connectivity index (χ0n) is 19.3. The van der Waals surface area contributed by atoms with Crippen molar-refractivity contribution in [3.8, 4) is 11.3 Å². The molecule has 1 aromatic carbocycles. The van der Waals surface area contributed by atoms with Gasteiger partial charge in [-0.05, 0) is 44.9 Å². The maximum absolute atomic E-state index is 16.6. The summed E-state index contributed by atoms with van der Waals surface area (Å²) in [6, 6.07) is 4.71. The van der Waals surface area contributed by atoms with Crippen LogP contribution in [0.1, 0.15) is 60.6 Å². The molecule has 3 aromatic heterocycles. The molecule has 2 fully saturated rings. The number of ether oxygens (including phenoxy) is 1. The van der Waals surface area contributed by atoms with Crippen LogP contribution in [0.4, 0.5) is 8.78 Å². The number of hydrogen-bond donors (Lipinski definition) is 0. The minimum absolute atomic E-state index is 0.0235. The molecule has 0 N–H and O–H groups in total. The number of hydrogen-bond acceptors (Lipinski definition) is 6. The zero-order chi connectivity index (χ0) is 24.3. The second-order valence-electron chi connectivity index (χ2n) is 9.35. The average Bonchev–Trinajstić information content (AvgIpc) is 3.56. The van der Waals surface area contributed by atoms with Crippen molar-refractivity contribution in [2.24, 2.45) is 0 Å². The fourth-order valence-electron chi connectivity index (χ4n) is 4.47. The summed E-state index contributed by atoms with van der Waals surface area (Å²) in [5.74, 6) is -0.622. The predicted molar refractivity (Wildman–Crippen MR) is 126 cm³/mol. The van der Waals surface area contributed by atoms with E-state index in [1.54, 1.807) is 26.1 Å². The van der Waals surface area contributed by atoms with Gasteiger partial charge in [-0.2, -0.15) is 5.10 Å². The van der Waals surface area contributed by atoms with Gasteiger partial charge < -0.3 is 4.74 Å². The Hall–Kier alpha value is -3.04. The highest BCUT2D eigenvalue weighted by molar-refractivity contribution is 6.30. The topological polar surface area (TPSA) is 78.6 Å². The van der Waals surface area contributed by atoms with Crippen molar-refractivity contribution in [2.75, 3.05) is 6.61 Å². The molecule has 1 aliphatic carbocycles. The van der Waals surface area contributed by atoms with E-state index in [1.165, 1.54) is 12.1 Å². The molecule has 1 saturated heterocycles. The lowest BCUT2D eigenvalue weighted by molar-refractivity contribution is -0.0715. The second kappa shape index (κ2) is 8.27. The summed E-state index contributed by atoms with van der Waals surface area (Å²) >= 11 is 5.96. The normalized spacial score (nSPS) is 22.6. The summed E-state index contributed by atoms with van der Waals surface area (Å²) in [4.78, 5) is 18.1. The molecule has 4 aromatic rings. The molecule has 0 radical (unpaired) electrons. The van der Waals surface area contributed by atoms with E-state index in [1.807, 2.05) is 10.9 Å². The molecule has 2 atom stereocenters. The SMILES string of the molecule is Cc1nc2nc(C3(F)CCO[C@@H](c4cnn(C5CC5)c4)C3)nc(-c3ccc(Cl)cc3F)c2nc1C. The summed E-state index contributed by atoms with van der Waals surface area (Å²) in [6.07, 6.45) is 5.50. The summed E-state index contributed by atoms with van der Waals surface area (Å²) in [6.45, 7) is 3.80. The number of fused-ring (bicyclic) bond motifs is 1. The van der Waals surface area contributed by atoms with Gasteiger partial charge in [0, 0.05) is 35.2 Å². The maximum atomic E-state index is 16.6. The number of aromatic nitrogens is 6. The van der Waals surface area contributed by atoms with E-state index in [2.05, 4.69) is 25.0 Å². The van der Waals surface area contributed by atoms with Crippen molar-refractivity contribution in [3.63, 3.8) is 0 Å². The van der Waals surface area contributed by atoms with Crippen LogP contribution in [0, 0.1) is 19.7 Å². The summed E-state index contributed by atoms with van der Waals surface area (Å²) in [7, 11) is 0. The minimum Gasteiger partial charge on any atom is -0.373 e. The van der Waals surface area contributed by atoms with Gasteiger partial charge in [-0.25, -0.2) is 28.7 Å². The van der Waals surface area contributed by atoms with Crippen LogP contribution in [0.2, 0.25) is 5.02 Å². The largest absolute Gasteiger partial charge is 0.373 e. The lowest BCUT2D eigenvalue weighted by Crippen LogP contribution is -2.33. The highest BCUT2D eigenvalue weighted by Gasteiger charge is 2.43. The zero-order valence-corrected chi connectivity index (χ0v) is 20.1. The molecule has 4 heterocycles. The molecule has 0 amide bonds. The molecular weight excluding hydrogens is 474 g/mol. The van der Waals surface area contributed by atoms with E-state index in [0.717, 1.165) is 18.4 Å². The van der Waals surface area contributed by atoms with Crippen LogP contribution in [-0.2, 0) is 10.4 Å². The van der Waals surface area contributed by atoms with E-state index in [4.69, 9.17) is 16.3 Å². The Morgan fingerprint density at radius 1 is 1.11 bits per heavy atom. The maximum Gasteiger partial charge on any atom is 0.182 e. The monoisotopic (exact) mass is 496 g/mol. The van der Waals surface area contributed by atoms with Gasteiger partial charge in [0.1, 0.15) is 17.0 Å². The molecule has 1 saturated carbocycles. The third-order valence-corrected chi connectivity index (χ3v) is 7.01. The standard InChI is InChI=1S/C25H23ClF2N6O/c1-13-14(2)31-23-22(30-13)21(18-6-3-16(26)9-19(18)27)32-24(33-23)25(28)7-8-35-20(10-25)15-11-29-34(12-15)17-4-5-17/h3,6,9,11-12,17,20H,4-5,7-8,10H2,1-2H3/t20-,25?/m1/s1. The fourth-order valence-corrected chi connectivity index (χ4v) is 4.63. The van der Waals surface area contributed by atoms with Crippen LogP contribution in [-0.4, -0.2) is 36.3 Å². The molecule has 6 rings (SSSR count). The van der Waals surface area contributed by atoms with Gasteiger partial charge in [0.25, 0.3) is 0 Å². The third kappa shape index (κ3) is 4.06. The van der Waals surface area contributed by atoms with Crippen molar-refractivity contribution in [3.05, 3.63) is 64.2 Å². The van der Waals surface area contributed by atoms with Gasteiger partial charge in [0.05, 0.1) is 36.3 Å². The Morgan fingerprint density at radius 3 is 2.69 bits per heavy atom. The number of nitrogens with zero attached hydrogens (tertiary/aromatic N) is 6. The smallest absolute Gasteiger partial charge is 0.182 e. The van der Waals surface area contributed by atoms with Gasteiger partial charge in [0.2, 0.25) is 0 Å². The van der Waals surface area contributed by atoms with E-state index >= 15 is 4.39 Å². The first kappa shape index (κ1) is 22.4. The van der Waals surface area contributed by atoms with Crippen molar-refractivity contribution >= 4 is 22.8 Å². The molecule has 7 nitrogen and oxygen atoms in total. The van der Waals surface area contributed by atoms with Crippen molar-refractivity contribution in [1.29, 1.82) is 0 Å². The number of rotatable bonds is 4. The van der Waals surface area contributed by atoms with Crippen molar-refractivity contribution < 1.29 is 13.5 Å². The van der Waals surface area contributed by atoms with E-state index < -0.39 is 17.6 Å². The van der Waals surface area contributed by atoms with E-state index in [0.29, 0.717) is 22.9 Å². The van der Waals surface area contributed by atoms with Gasteiger partial charge >= 0.3 is 0 Å². The van der Waals surface area contributed by atoms with Crippen LogP contribution in [0.3, 0.4) is 0 Å². The third-order valence-electron chi connectivity index (χ3n) is 6.77. The van der Waals surface area contributed by atoms with Crippen LogP contribution in [0.15, 0.2) is 30.6 Å². The summed E-state index contributed by atoms with van der Waals surface area (Å²) in [5, 5.41) is 4.67. The van der Waals surface area contributed by atoms with Crippen LogP contribution in [0.5, 0.6) is 0 Å². The first-order valence-electron chi connectivity index (χ1n) is 11.6. The number of halogens is 3. The molecule has 0 spiro atoms. The van der Waals surface area contributed by atoms with Gasteiger partial charge in [-0.15, -0.1) is 0 Å². The van der Waals surface area contributed by atoms with E-state index in [-0.39, 0.29) is 47.2 Å².